The van der Waals surface area contributed by atoms with Crippen molar-refractivity contribution in [1.29, 1.82) is 0 Å². The zero-order valence-electron chi connectivity index (χ0n) is 16.6. The van der Waals surface area contributed by atoms with Crippen molar-refractivity contribution in [1.82, 2.24) is 15.3 Å². The molecule has 1 fully saturated rings. The van der Waals surface area contributed by atoms with E-state index in [0.29, 0.717) is 23.4 Å². The highest BCUT2D eigenvalue weighted by atomic mass is 16.5. The summed E-state index contributed by atoms with van der Waals surface area (Å²) in [5.74, 6) is 2.36. The largest absolute Gasteiger partial charge is 0.497 e. The maximum absolute atomic E-state index is 12.6. The third-order valence-corrected chi connectivity index (χ3v) is 4.92. The lowest BCUT2D eigenvalue weighted by atomic mass is 10.0. The number of nitrogens with one attached hydrogen (secondary N) is 1. The van der Waals surface area contributed by atoms with Gasteiger partial charge in [0.2, 0.25) is 5.95 Å². The second-order valence-electron chi connectivity index (χ2n) is 7.02. The van der Waals surface area contributed by atoms with Gasteiger partial charge in [-0.05, 0) is 30.9 Å². The van der Waals surface area contributed by atoms with Gasteiger partial charge in [-0.1, -0.05) is 6.92 Å². The van der Waals surface area contributed by atoms with Crippen LogP contribution in [0.2, 0.25) is 0 Å². The first-order valence-corrected chi connectivity index (χ1v) is 9.38. The summed E-state index contributed by atoms with van der Waals surface area (Å²) in [4.78, 5) is 23.4. The molecule has 1 amide bonds. The number of methoxy groups -OCH3 is 2. The van der Waals surface area contributed by atoms with Crippen molar-refractivity contribution in [2.45, 2.75) is 26.3 Å². The van der Waals surface area contributed by atoms with Gasteiger partial charge in [0, 0.05) is 37.5 Å². The van der Waals surface area contributed by atoms with Crippen LogP contribution in [0.25, 0.3) is 0 Å². The third kappa shape index (κ3) is 4.44. The molecule has 2 aromatic rings. The molecule has 8 heteroatoms. The van der Waals surface area contributed by atoms with Crippen molar-refractivity contribution in [3.05, 3.63) is 35.5 Å². The molecule has 1 aliphatic rings. The lowest BCUT2D eigenvalue weighted by Crippen LogP contribution is -2.35. The Labute approximate surface area is 165 Å². The molecule has 8 nitrogen and oxygen atoms in total. The molecule has 1 atom stereocenters. The van der Waals surface area contributed by atoms with Crippen LogP contribution in [0.15, 0.2) is 24.4 Å². The fraction of sp³-hybridized carbons (Fsp3) is 0.450. The van der Waals surface area contributed by atoms with Crippen molar-refractivity contribution >= 4 is 17.7 Å². The summed E-state index contributed by atoms with van der Waals surface area (Å²) >= 11 is 0. The van der Waals surface area contributed by atoms with Crippen LogP contribution >= 0.6 is 0 Å². The molecule has 0 bridgehead atoms. The minimum atomic E-state index is -0.325. The molecule has 0 saturated carbocycles. The van der Waals surface area contributed by atoms with Crippen molar-refractivity contribution < 1.29 is 14.3 Å². The number of carbonyl (C=O) groups is 1. The second kappa shape index (κ2) is 8.77. The number of ether oxygens (including phenoxy) is 2. The van der Waals surface area contributed by atoms with Crippen LogP contribution in [-0.4, -0.2) is 43.2 Å². The van der Waals surface area contributed by atoms with E-state index in [1.54, 1.807) is 20.3 Å². The van der Waals surface area contributed by atoms with Gasteiger partial charge in [-0.15, -0.1) is 0 Å². The number of carbonyl (C=O) groups excluding carboxylic acids is 1. The van der Waals surface area contributed by atoms with E-state index in [1.807, 2.05) is 12.1 Å². The number of aromatic nitrogens is 2. The molecule has 3 N–H and O–H groups in total. The van der Waals surface area contributed by atoms with E-state index in [-0.39, 0.29) is 23.8 Å². The molecule has 1 aromatic heterocycles. The van der Waals surface area contributed by atoms with E-state index in [4.69, 9.17) is 15.2 Å². The number of hydrogen-bond donors (Lipinski definition) is 2. The quantitative estimate of drug-likeness (QED) is 0.786. The molecule has 150 valence electrons. The van der Waals surface area contributed by atoms with E-state index in [1.165, 1.54) is 12.6 Å². The Morgan fingerprint density at radius 3 is 2.86 bits per heavy atom. The van der Waals surface area contributed by atoms with Crippen LogP contribution in [0, 0.1) is 5.92 Å². The summed E-state index contributed by atoms with van der Waals surface area (Å²) in [5, 5.41) is 2.84. The predicted molar refractivity (Wildman–Crippen MR) is 108 cm³/mol. The maximum atomic E-state index is 12.6. The minimum absolute atomic E-state index is 0.183. The highest BCUT2D eigenvalue weighted by molar-refractivity contribution is 5.98. The number of piperidine rings is 1. The average molecular weight is 385 g/mol. The van der Waals surface area contributed by atoms with Gasteiger partial charge in [-0.3, -0.25) is 4.79 Å². The lowest BCUT2D eigenvalue weighted by Gasteiger charge is -2.31. The highest BCUT2D eigenvalue weighted by Crippen LogP contribution is 2.25. The van der Waals surface area contributed by atoms with Crippen molar-refractivity contribution in [2.75, 3.05) is 37.9 Å². The van der Waals surface area contributed by atoms with Crippen LogP contribution in [0.3, 0.4) is 0 Å². The summed E-state index contributed by atoms with van der Waals surface area (Å²) in [5.41, 5.74) is 7.14. The van der Waals surface area contributed by atoms with Crippen molar-refractivity contribution in [2.24, 2.45) is 5.92 Å². The molecule has 1 aromatic carbocycles. The number of anilines is 2. The molecule has 0 radical (unpaired) electrons. The first-order valence-electron chi connectivity index (χ1n) is 9.38. The van der Waals surface area contributed by atoms with Gasteiger partial charge in [-0.25, -0.2) is 4.98 Å². The standard InChI is InChI=1S/C20H27N5O3/c1-13-5-4-8-25(12-13)20-23-11-16(18(21)24-20)19(26)22-10-14-6-7-15(27-2)9-17(14)28-3/h6-7,9,11,13H,4-5,8,10,12H2,1-3H3,(H,22,26)(H2,21,23,24)/t13-/m1/s1. The second-order valence-corrected chi connectivity index (χ2v) is 7.02. The Bertz CT molecular complexity index is 843. The smallest absolute Gasteiger partial charge is 0.256 e. The average Bonchev–Trinajstić information content (AvgIpc) is 2.71. The Hall–Kier alpha value is -3.03. The highest BCUT2D eigenvalue weighted by Gasteiger charge is 2.20. The van der Waals surface area contributed by atoms with Gasteiger partial charge >= 0.3 is 0 Å². The first kappa shape index (κ1) is 19.7. The number of nitrogens with zero attached hydrogens (tertiary/aromatic N) is 3. The van der Waals surface area contributed by atoms with Gasteiger partial charge in [0.25, 0.3) is 5.91 Å². The molecule has 28 heavy (non-hydrogen) atoms. The number of nitrogen functional groups attached to an aromatic ring is 1. The van der Waals surface area contributed by atoms with Crippen LogP contribution < -0.4 is 25.4 Å². The zero-order chi connectivity index (χ0) is 20.1. The van der Waals surface area contributed by atoms with Crippen LogP contribution in [-0.2, 0) is 6.54 Å². The van der Waals surface area contributed by atoms with Gasteiger partial charge in [-0.2, -0.15) is 4.98 Å². The van der Waals surface area contributed by atoms with E-state index >= 15 is 0 Å². The monoisotopic (exact) mass is 385 g/mol. The van der Waals surface area contributed by atoms with Gasteiger partial charge in [0.05, 0.1) is 19.8 Å². The van der Waals surface area contributed by atoms with Crippen LogP contribution in [0.1, 0.15) is 35.7 Å². The molecular weight excluding hydrogens is 358 g/mol. The molecule has 0 aliphatic carbocycles. The fourth-order valence-electron chi connectivity index (χ4n) is 3.35. The number of benzene rings is 1. The number of hydrogen-bond acceptors (Lipinski definition) is 7. The molecular formula is C20H27N5O3. The Morgan fingerprint density at radius 2 is 2.18 bits per heavy atom. The van der Waals surface area contributed by atoms with Crippen LogP contribution in [0.5, 0.6) is 11.5 Å². The zero-order valence-corrected chi connectivity index (χ0v) is 16.6. The Kier molecular flexibility index (Phi) is 6.18. The van der Waals surface area contributed by atoms with Gasteiger partial charge in [0.15, 0.2) is 0 Å². The Morgan fingerprint density at radius 1 is 1.36 bits per heavy atom. The first-order chi connectivity index (χ1) is 13.5. The molecule has 0 spiro atoms. The minimum Gasteiger partial charge on any atom is -0.497 e. The fourth-order valence-corrected chi connectivity index (χ4v) is 3.35. The molecule has 0 unspecified atom stereocenters. The summed E-state index contributed by atoms with van der Waals surface area (Å²) in [6, 6.07) is 5.43. The number of nitrogens with two attached hydrogens (primary N) is 1. The topological polar surface area (TPSA) is 103 Å². The summed E-state index contributed by atoms with van der Waals surface area (Å²) in [6.07, 6.45) is 3.81. The predicted octanol–water partition coefficient (Wildman–Crippen LogP) is 2.24. The normalized spacial score (nSPS) is 16.5. The molecule has 3 rings (SSSR count). The van der Waals surface area contributed by atoms with E-state index in [0.717, 1.165) is 25.1 Å². The number of amides is 1. The van der Waals surface area contributed by atoms with Gasteiger partial charge in [0.1, 0.15) is 17.3 Å². The van der Waals surface area contributed by atoms with Crippen molar-refractivity contribution in [3.8, 4) is 11.5 Å². The third-order valence-electron chi connectivity index (χ3n) is 4.92. The molecule has 1 aliphatic heterocycles. The Balaban J connectivity index is 1.68. The molecule has 1 saturated heterocycles. The summed E-state index contributed by atoms with van der Waals surface area (Å²) < 4.78 is 10.5. The maximum Gasteiger partial charge on any atom is 0.256 e. The number of rotatable bonds is 6. The SMILES string of the molecule is COc1ccc(CNC(=O)c2cnc(N3CCC[C@@H](C)C3)nc2N)c(OC)c1. The molecule has 2 heterocycles. The van der Waals surface area contributed by atoms with E-state index in [2.05, 4.69) is 27.1 Å². The summed E-state index contributed by atoms with van der Waals surface area (Å²) in [6.45, 7) is 4.32. The van der Waals surface area contributed by atoms with Gasteiger partial charge < -0.3 is 25.4 Å². The van der Waals surface area contributed by atoms with E-state index < -0.39 is 0 Å². The van der Waals surface area contributed by atoms with Crippen molar-refractivity contribution in [3.63, 3.8) is 0 Å². The lowest BCUT2D eigenvalue weighted by molar-refractivity contribution is 0.0951. The van der Waals surface area contributed by atoms with Crippen LogP contribution in [0.4, 0.5) is 11.8 Å². The van der Waals surface area contributed by atoms with E-state index in [9.17, 15) is 4.79 Å². The summed E-state index contributed by atoms with van der Waals surface area (Å²) in [7, 11) is 3.17.